The summed E-state index contributed by atoms with van der Waals surface area (Å²) in [7, 11) is 0. The summed E-state index contributed by atoms with van der Waals surface area (Å²) in [5, 5.41) is 0.186. The topological polar surface area (TPSA) is 17.1 Å². The molecular formula is C10H18F2OS. The molecule has 1 atom stereocenters. The standard InChI is InChI=1S/C10H18F2OS/c1-2-10(13)14-8-4-3-5-9(12)6-7-11/h9H,2-8H2,1H3. The molecule has 0 aromatic carbocycles. The van der Waals surface area contributed by atoms with Crippen LogP contribution in [0.25, 0.3) is 0 Å². The first kappa shape index (κ1) is 13.9. The van der Waals surface area contributed by atoms with Gasteiger partial charge in [0, 0.05) is 18.6 Å². The molecule has 0 aliphatic rings. The molecule has 0 aliphatic carbocycles. The lowest BCUT2D eigenvalue weighted by atomic mass is 10.1. The Labute approximate surface area is 88.6 Å². The van der Waals surface area contributed by atoms with Crippen molar-refractivity contribution in [3.63, 3.8) is 0 Å². The summed E-state index contributed by atoms with van der Waals surface area (Å²) in [6.07, 6.45) is 1.56. The van der Waals surface area contributed by atoms with E-state index in [0.29, 0.717) is 12.8 Å². The minimum absolute atomic E-state index is 0.0149. The summed E-state index contributed by atoms with van der Waals surface area (Å²) < 4.78 is 24.4. The number of unbranched alkanes of at least 4 members (excludes halogenated alkanes) is 1. The van der Waals surface area contributed by atoms with Gasteiger partial charge in [-0.25, -0.2) is 4.39 Å². The van der Waals surface area contributed by atoms with Gasteiger partial charge in [0.1, 0.15) is 6.17 Å². The number of carbonyl (C=O) groups is 1. The molecule has 0 N–H and O–H groups in total. The van der Waals surface area contributed by atoms with Crippen molar-refractivity contribution in [2.45, 2.75) is 45.2 Å². The molecule has 0 amide bonds. The van der Waals surface area contributed by atoms with Crippen LogP contribution in [0.1, 0.15) is 39.0 Å². The first-order chi connectivity index (χ1) is 6.70. The smallest absolute Gasteiger partial charge is 0.188 e. The normalized spacial score (nSPS) is 12.8. The average Bonchev–Trinajstić information content (AvgIpc) is 2.17. The number of rotatable bonds is 8. The molecule has 0 rings (SSSR count). The van der Waals surface area contributed by atoms with Crippen molar-refractivity contribution in [2.24, 2.45) is 0 Å². The van der Waals surface area contributed by atoms with E-state index in [4.69, 9.17) is 0 Å². The van der Waals surface area contributed by atoms with Crippen molar-refractivity contribution in [3.8, 4) is 0 Å². The molecule has 0 aliphatic heterocycles. The molecule has 14 heavy (non-hydrogen) atoms. The van der Waals surface area contributed by atoms with Crippen molar-refractivity contribution < 1.29 is 13.6 Å². The van der Waals surface area contributed by atoms with E-state index in [0.717, 1.165) is 18.6 Å². The molecule has 0 spiro atoms. The molecule has 4 heteroatoms. The van der Waals surface area contributed by atoms with E-state index in [-0.39, 0.29) is 11.5 Å². The monoisotopic (exact) mass is 224 g/mol. The van der Waals surface area contributed by atoms with Crippen molar-refractivity contribution in [2.75, 3.05) is 12.4 Å². The SMILES string of the molecule is CCC(=O)SCCCCC(F)CCF. The number of thioether (sulfide) groups is 1. The molecule has 0 saturated carbocycles. The van der Waals surface area contributed by atoms with Gasteiger partial charge in [-0.15, -0.1) is 0 Å². The van der Waals surface area contributed by atoms with Crippen molar-refractivity contribution in [1.29, 1.82) is 0 Å². The molecule has 1 unspecified atom stereocenters. The largest absolute Gasteiger partial charge is 0.287 e. The maximum Gasteiger partial charge on any atom is 0.188 e. The molecule has 0 radical (unpaired) electrons. The minimum atomic E-state index is -1.01. The van der Waals surface area contributed by atoms with Crippen molar-refractivity contribution in [1.82, 2.24) is 0 Å². The highest BCUT2D eigenvalue weighted by Gasteiger charge is 2.05. The average molecular weight is 224 g/mol. The molecule has 0 aromatic heterocycles. The molecule has 0 heterocycles. The van der Waals surface area contributed by atoms with Gasteiger partial charge < -0.3 is 0 Å². The van der Waals surface area contributed by atoms with Gasteiger partial charge in [-0.1, -0.05) is 18.7 Å². The summed E-state index contributed by atoms with van der Waals surface area (Å²) in [6.45, 7) is 1.25. The van der Waals surface area contributed by atoms with E-state index >= 15 is 0 Å². The van der Waals surface area contributed by atoms with Crippen LogP contribution in [0.5, 0.6) is 0 Å². The Morgan fingerprint density at radius 3 is 2.64 bits per heavy atom. The van der Waals surface area contributed by atoms with Gasteiger partial charge in [0.25, 0.3) is 0 Å². The number of halogens is 2. The van der Waals surface area contributed by atoms with E-state index in [2.05, 4.69) is 0 Å². The van der Waals surface area contributed by atoms with Gasteiger partial charge in [-0.2, -0.15) is 0 Å². The molecule has 0 saturated heterocycles. The van der Waals surface area contributed by atoms with Crippen LogP contribution in [0.2, 0.25) is 0 Å². The first-order valence-corrected chi connectivity index (χ1v) is 6.05. The van der Waals surface area contributed by atoms with Crippen LogP contribution in [0.4, 0.5) is 8.78 Å². The summed E-state index contributed by atoms with van der Waals surface area (Å²) in [5.41, 5.74) is 0. The van der Waals surface area contributed by atoms with Gasteiger partial charge in [-0.05, 0) is 19.3 Å². The van der Waals surface area contributed by atoms with Crippen LogP contribution in [-0.4, -0.2) is 23.7 Å². The van der Waals surface area contributed by atoms with Gasteiger partial charge >= 0.3 is 0 Å². The lowest BCUT2D eigenvalue weighted by molar-refractivity contribution is -0.110. The molecular weight excluding hydrogens is 206 g/mol. The van der Waals surface area contributed by atoms with Crippen molar-refractivity contribution >= 4 is 16.9 Å². The van der Waals surface area contributed by atoms with Crippen LogP contribution in [-0.2, 0) is 4.79 Å². The van der Waals surface area contributed by atoms with Crippen LogP contribution < -0.4 is 0 Å². The van der Waals surface area contributed by atoms with Crippen LogP contribution in [0.3, 0.4) is 0 Å². The Hall–Kier alpha value is -0.120. The van der Waals surface area contributed by atoms with Gasteiger partial charge in [0.05, 0.1) is 6.67 Å². The predicted octanol–water partition coefficient (Wildman–Crippen LogP) is 3.52. The van der Waals surface area contributed by atoms with E-state index in [9.17, 15) is 13.6 Å². The second-order valence-corrected chi connectivity index (χ2v) is 4.30. The third-order valence-electron chi connectivity index (χ3n) is 1.89. The fraction of sp³-hybridized carbons (Fsp3) is 0.900. The second kappa shape index (κ2) is 9.44. The fourth-order valence-corrected chi connectivity index (χ4v) is 1.80. The third-order valence-corrected chi connectivity index (χ3v) is 2.99. The zero-order valence-electron chi connectivity index (χ0n) is 8.60. The summed E-state index contributed by atoms with van der Waals surface area (Å²) in [4.78, 5) is 10.9. The lowest BCUT2D eigenvalue weighted by Crippen LogP contribution is -2.01. The number of alkyl halides is 2. The second-order valence-electron chi connectivity index (χ2n) is 3.14. The predicted molar refractivity (Wildman–Crippen MR) is 57.1 cm³/mol. The molecule has 0 aromatic rings. The van der Waals surface area contributed by atoms with Gasteiger partial charge in [0.2, 0.25) is 0 Å². The Balaban J connectivity index is 3.17. The van der Waals surface area contributed by atoms with E-state index in [1.54, 1.807) is 0 Å². The lowest BCUT2D eigenvalue weighted by Gasteiger charge is -2.04. The number of hydrogen-bond donors (Lipinski definition) is 0. The highest BCUT2D eigenvalue weighted by Crippen LogP contribution is 2.13. The van der Waals surface area contributed by atoms with Crippen molar-refractivity contribution in [3.05, 3.63) is 0 Å². The van der Waals surface area contributed by atoms with E-state index < -0.39 is 12.8 Å². The number of carbonyl (C=O) groups excluding carboxylic acids is 1. The van der Waals surface area contributed by atoms with Crippen LogP contribution in [0.15, 0.2) is 0 Å². The fourth-order valence-electron chi connectivity index (χ4n) is 1.02. The maximum atomic E-state index is 12.7. The Bertz CT molecular complexity index is 153. The van der Waals surface area contributed by atoms with Crippen LogP contribution in [0, 0.1) is 0 Å². The summed E-state index contributed by atoms with van der Waals surface area (Å²) in [5.74, 6) is 0.759. The minimum Gasteiger partial charge on any atom is -0.287 e. The molecule has 1 nitrogen and oxygen atoms in total. The highest BCUT2D eigenvalue weighted by atomic mass is 32.2. The van der Waals surface area contributed by atoms with Gasteiger partial charge in [0.15, 0.2) is 5.12 Å². The Kier molecular flexibility index (Phi) is 9.35. The summed E-state index contributed by atoms with van der Waals surface area (Å²) in [6, 6.07) is 0. The van der Waals surface area contributed by atoms with E-state index in [1.165, 1.54) is 11.8 Å². The van der Waals surface area contributed by atoms with E-state index in [1.807, 2.05) is 6.92 Å². The number of hydrogen-bond acceptors (Lipinski definition) is 2. The molecule has 84 valence electrons. The quantitative estimate of drug-likeness (QED) is 0.587. The zero-order valence-corrected chi connectivity index (χ0v) is 9.42. The zero-order chi connectivity index (χ0) is 10.8. The van der Waals surface area contributed by atoms with Gasteiger partial charge in [-0.3, -0.25) is 9.18 Å². The first-order valence-electron chi connectivity index (χ1n) is 5.06. The highest BCUT2D eigenvalue weighted by molar-refractivity contribution is 8.13. The maximum absolute atomic E-state index is 12.7. The third kappa shape index (κ3) is 8.48. The Morgan fingerprint density at radius 2 is 2.07 bits per heavy atom. The Morgan fingerprint density at radius 1 is 1.36 bits per heavy atom. The molecule has 0 bridgehead atoms. The molecule has 0 fully saturated rings. The van der Waals surface area contributed by atoms with Crippen LogP contribution >= 0.6 is 11.8 Å². The summed E-state index contributed by atoms with van der Waals surface area (Å²) >= 11 is 1.31.